The van der Waals surface area contributed by atoms with E-state index in [1.165, 1.54) is 23.1 Å². The van der Waals surface area contributed by atoms with E-state index in [-0.39, 0.29) is 12.6 Å². The predicted molar refractivity (Wildman–Crippen MR) is 114 cm³/mol. The number of rotatable bonds is 8. The molecule has 4 N–H and O–H groups in total. The van der Waals surface area contributed by atoms with Gasteiger partial charge in [-0.1, -0.05) is 49.1 Å². The van der Waals surface area contributed by atoms with Crippen LogP contribution in [-0.2, 0) is 5.75 Å². The van der Waals surface area contributed by atoms with Crippen molar-refractivity contribution in [3.63, 3.8) is 0 Å². The first-order chi connectivity index (χ1) is 13.5. The summed E-state index contributed by atoms with van der Waals surface area (Å²) >= 11 is 2.80. The van der Waals surface area contributed by atoms with E-state index >= 15 is 0 Å². The first-order valence-electron chi connectivity index (χ1n) is 8.91. The molecular weight excluding hydrogens is 392 g/mol. The summed E-state index contributed by atoms with van der Waals surface area (Å²) in [6, 6.07) is 9.51. The van der Waals surface area contributed by atoms with Gasteiger partial charge in [0.2, 0.25) is 0 Å². The molecule has 0 saturated heterocycles. The smallest absolute Gasteiger partial charge is 0.191 e. The summed E-state index contributed by atoms with van der Waals surface area (Å²) in [6.45, 7) is 4.24. The molecule has 0 spiro atoms. The number of nitrogen functional groups attached to an aromatic ring is 1. The molecule has 7 nitrogen and oxygen atoms in total. The number of aliphatic hydroxyl groups excluding tert-OH is 1. The van der Waals surface area contributed by atoms with Gasteiger partial charge in [-0.05, 0) is 30.0 Å². The highest BCUT2D eigenvalue weighted by Crippen LogP contribution is 2.32. The number of hydrogen-bond acceptors (Lipinski definition) is 9. The Labute approximate surface area is 172 Å². The van der Waals surface area contributed by atoms with Crippen LogP contribution >= 0.6 is 23.1 Å². The standard InChI is InChI=1S/C19H22N6OS2/c1-11(2)6-14(9-26)22-16-15-17(23-18(21)28-15)25-19(24-16)27-10-13-5-3-4-12(7-13)8-20/h3-5,7,11,14,26H,6,9-10H2,1-2H3,(H3,21,22,23,24,25)/t14-/m1/s1. The lowest BCUT2D eigenvalue weighted by molar-refractivity contribution is 0.259. The fraction of sp³-hybridized carbons (Fsp3) is 0.368. The molecule has 3 rings (SSSR count). The van der Waals surface area contributed by atoms with Gasteiger partial charge >= 0.3 is 0 Å². The van der Waals surface area contributed by atoms with Gasteiger partial charge < -0.3 is 16.2 Å². The molecule has 9 heteroatoms. The van der Waals surface area contributed by atoms with Crippen LogP contribution in [0.1, 0.15) is 31.4 Å². The normalized spacial score (nSPS) is 12.2. The Morgan fingerprint density at radius 1 is 1.32 bits per heavy atom. The number of aromatic nitrogens is 3. The molecular formula is C19H22N6OS2. The summed E-state index contributed by atoms with van der Waals surface area (Å²) in [6.07, 6.45) is 0.819. The second-order valence-electron chi connectivity index (χ2n) is 6.81. The molecule has 0 radical (unpaired) electrons. The topological polar surface area (TPSA) is 121 Å². The van der Waals surface area contributed by atoms with Crippen LogP contribution in [0.15, 0.2) is 29.4 Å². The van der Waals surface area contributed by atoms with Crippen LogP contribution in [0.25, 0.3) is 10.3 Å². The lowest BCUT2D eigenvalue weighted by Crippen LogP contribution is -2.26. The van der Waals surface area contributed by atoms with Crippen molar-refractivity contribution in [3.8, 4) is 6.07 Å². The Morgan fingerprint density at radius 2 is 2.14 bits per heavy atom. The number of nitrogens with zero attached hydrogens (tertiary/aromatic N) is 4. The average Bonchev–Trinajstić information content (AvgIpc) is 3.06. The number of thiazole rings is 1. The minimum absolute atomic E-state index is 0.0153. The van der Waals surface area contributed by atoms with Gasteiger partial charge in [-0.2, -0.15) is 5.26 Å². The van der Waals surface area contributed by atoms with Crippen molar-refractivity contribution >= 4 is 44.4 Å². The highest BCUT2D eigenvalue weighted by Gasteiger charge is 2.17. The molecule has 146 valence electrons. The van der Waals surface area contributed by atoms with Crippen LogP contribution in [0.5, 0.6) is 0 Å². The molecule has 28 heavy (non-hydrogen) atoms. The Morgan fingerprint density at radius 3 is 2.86 bits per heavy atom. The van der Waals surface area contributed by atoms with Gasteiger partial charge in [0, 0.05) is 5.75 Å². The fourth-order valence-electron chi connectivity index (χ4n) is 2.80. The molecule has 0 fully saturated rings. The van der Waals surface area contributed by atoms with E-state index in [2.05, 4.69) is 40.2 Å². The Balaban J connectivity index is 1.85. The van der Waals surface area contributed by atoms with Gasteiger partial charge in [0.1, 0.15) is 4.70 Å². The summed E-state index contributed by atoms with van der Waals surface area (Å²) in [7, 11) is 0. The third kappa shape index (κ3) is 5.10. The molecule has 1 aromatic carbocycles. The maximum atomic E-state index is 9.71. The van der Waals surface area contributed by atoms with E-state index < -0.39 is 0 Å². The lowest BCUT2D eigenvalue weighted by Gasteiger charge is -2.19. The molecule has 0 unspecified atom stereocenters. The second kappa shape index (κ2) is 9.19. The van der Waals surface area contributed by atoms with Crippen molar-refractivity contribution in [2.75, 3.05) is 17.7 Å². The van der Waals surface area contributed by atoms with Crippen LogP contribution in [0.4, 0.5) is 10.9 Å². The minimum Gasteiger partial charge on any atom is -0.394 e. The third-order valence-electron chi connectivity index (χ3n) is 3.99. The van der Waals surface area contributed by atoms with E-state index in [0.29, 0.717) is 39.0 Å². The summed E-state index contributed by atoms with van der Waals surface area (Å²) < 4.78 is 0.788. The molecule has 0 aliphatic carbocycles. The lowest BCUT2D eigenvalue weighted by atomic mass is 10.0. The van der Waals surface area contributed by atoms with Gasteiger partial charge in [-0.15, -0.1) is 0 Å². The number of fused-ring (bicyclic) bond motifs is 1. The van der Waals surface area contributed by atoms with Gasteiger partial charge in [-0.3, -0.25) is 0 Å². The van der Waals surface area contributed by atoms with Gasteiger partial charge in [0.15, 0.2) is 21.8 Å². The van der Waals surface area contributed by atoms with Crippen LogP contribution in [0, 0.1) is 17.2 Å². The quantitative estimate of drug-likeness (QED) is 0.377. The molecule has 0 saturated carbocycles. The summed E-state index contributed by atoms with van der Waals surface area (Å²) in [5.41, 5.74) is 8.08. The van der Waals surface area contributed by atoms with E-state index in [1.54, 1.807) is 6.07 Å². The first-order valence-corrected chi connectivity index (χ1v) is 10.7. The Bertz CT molecular complexity index is 998. The molecule has 0 bridgehead atoms. The molecule has 0 aliphatic heterocycles. The minimum atomic E-state index is -0.105. The molecule has 2 aromatic heterocycles. The number of benzene rings is 1. The number of aliphatic hydroxyl groups is 1. The number of nitrogens with two attached hydrogens (primary N) is 1. The summed E-state index contributed by atoms with van der Waals surface area (Å²) in [5, 5.41) is 23.1. The van der Waals surface area contributed by atoms with Crippen molar-refractivity contribution in [1.29, 1.82) is 5.26 Å². The summed E-state index contributed by atoms with van der Waals surface area (Å²) in [5.74, 6) is 1.72. The number of nitrogens with one attached hydrogen (secondary N) is 1. The zero-order chi connectivity index (χ0) is 20.1. The van der Waals surface area contributed by atoms with Crippen molar-refractivity contribution in [2.24, 2.45) is 5.92 Å². The molecule has 1 atom stereocenters. The Hall–Kier alpha value is -2.41. The highest BCUT2D eigenvalue weighted by atomic mass is 32.2. The number of nitriles is 1. The van der Waals surface area contributed by atoms with Gasteiger partial charge in [0.25, 0.3) is 0 Å². The maximum absolute atomic E-state index is 9.71. The van der Waals surface area contributed by atoms with Crippen LogP contribution in [0.3, 0.4) is 0 Å². The monoisotopic (exact) mass is 414 g/mol. The Kier molecular flexibility index (Phi) is 6.67. The first kappa shape index (κ1) is 20.3. The predicted octanol–water partition coefficient (Wildman–Crippen LogP) is 3.65. The zero-order valence-corrected chi connectivity index (χ0v) is 17.3. The molecule has 3 aromatic rings. The van der Waals surface area contributed by atoms with E-state index in [9.17, 15) is 5.11 Å². The zero-order valence-electron chi connectivity index (χ0n) is 15.7. The van der Waals surface area contributed by atoms with Crippen molar-refractivity contribution < 1.29 is 5.11 Å². The van der Waals surface area contributed by atoms with Crippen LogP contribution < -0.4 is 11.1 Å². The van der Waals surface area contributed by atoms with Gasteiger partial charge in [-0.25, -0.2) is 15.0 Å². The van der Waals surface area contributed by atoms with Gasteiger partial charge in [0.05, 0.1) is 24.3 Å². The number of hydrogen-bond donors (Lipinski definition) is 3. The summed E-state index contributed by atoms with van der Waals surface area (Å²) in [4.78, 5) is 13.5. The van der Waals surface area contributed by atoms with Crippen molar-refractivity contribution in [2.45, 2.75) is 37.2 Å². The van der Waals surface area contributed by atoms with Crippen LogP contribution in [-0.4, -0.2) is 32.7 Å². The van der Waals surface area contributed by atoms with Crippen LogP contribution in [0.2, 0.25) is 0 Å². The van der Waals surface area contributed by atoms with E-state index in [1.807, 2.05) is 18.2 Å². The van der Waals surface area contributed by atoms with E-state index in [4.69, 9.17) is 11.0 Å². The third-order valence-corrected chi connectivity index (χ3v) is 5.79. The van der Waals surface area contributed by atoms with Crippen molar-refractivity contribution in [1.82, 2.24) is 15.0 Å². The SMILES string of the molecule is CC(C)C[C@H](CO)Nc1nc(SCc2cccc(C#N)c2)nc2nc(N)sc12. The van der Waals surface area contributed by atoms with Crippen molar-refractivity contribution in [3.05, 3.63) is 35.4 Å². The second-order valence-corrected chi connectivity index (χ2v) is 8.79. The number of thioether (sulfide) groups is 1. The molecule has 2 heterocycles. The molecule has 0 amide bonds. The van der Waals surface area contributed by atoms with E-state index in [0.717, 1.165) is 16.7 Å². The largest absolute Gasteiger partial charge is 0.394 e. The average molecular weight is 415 g/mol. The highest BCUT2D eigenvalue weighted by molar-refractivity contribution is 7.98. The maximum Gasteiger partial charge on any atom is 0.191 e. The number of anilines is 2. The molecule has 0 aliphatic rings. The fourth-order valence-corrected chi connectivity index (χ4v) is 4.31.